The number of fused-ring (bicyclic) bond motifs is 1. The zero-order valence-corrected chi connectivity index (χ0v) is 23.0. The molecule has 8 nitrogen and oxygen atoms in total. The fourth-order valence-corrected chi connectivity index (χ4v) is 7.06. The monoisotopic (exact) mass is 506 g/mol. The largest absolute Gasteiger partial charge is 0.466 e. The van der Waals surface area contributed by atoms with Crippen LogP contribution in [0.1, 0.15) is 80.1 Å². The van der Waals surface area contributed by atoms with Crippen LogP contribution in [-0.4, -0.2) is 82.3 Å². The fraction of sp³-hybridized carbons (Fsp3) is 0.821. The minimum Gasteiger partial charge on any atom is -0.466 e. The molecule has 0 radical (unpaired) electrons. The van der Waals surface area contributed by atoms with Crippen LogP contribution in [0.5, 0.6) is 0 Å². The summed E-state index contributed by atoms with van der Waals surface area (Å²) in [6, 6.07) is -0.798. The minimum atomic E-state index is -1.02. The predicted molar refractivity (Wildman–Crippen MR) is 137 cm³/mol. The van der Waals surface area contributed by atoms with Crippen molar-refractivity contribution in [1.82, 2.24) is 9.80 Å². The number of aliphatic hydroxyl groups is 1. The molecule has 0 aliphatic carbocycles. The van der Waals surface area contributed by atoms with Crippen molar-refractivity contribution in [2.24, 2.45) is 17.3 Å². The Morgan fingerprint density at radius 2 is 1.94 bits per heavy atom. The molecule has 3 fully saturated rings. The third kappa shape index (κ3) is 5.21. The molecule has 3 aliphatic heterocycles. The van der Waals surface area contributed by atoms with E-state index in [1.165, 1.54) is 0 Å². The van der Waals surface area contributed by atoms with Gasteiger partial charge in [0, 0.05) is 25.2 Å². The van der Waals surface area contributed by atoms with Gasteiger partial charge in [-0.3, -0.25) is 14.4 Å². The van der Waals surface area contributed by atoms with E-state index in [1.807, 2.05) is 4.90 Å². The van der Waals surface area contributed by atoms with Crippen LogP contribution in [0.4, 0.5) is 0 Å². The van der Waals surface area contributed by atoms with Crippen molar-refractivity contribution >= 4 is 17.8 Å². The van der Waals surface area contributed by atoms with E-state index in [2.05, 4.69) is 41.2 Å². The molecule has 0 saturated carbocycles. The van der Waals surface area contributed by atoms with Gasteiger partial charge in [-0.15, -0.1) is 6.58 Å². The number of esters is 1. The number of aliphatic hydroxyl groups excluding tert-OH is 1. The van der Waals surface area contributed by atoms with Crippen molar-refractivity contribution in [2.45, 2.75) is 103 Å². The molecule has 0 aromatic heterocycles. The average molecular weight is 507 g/mol. The van der Waals surface area contributed by atoms with Crippen LogP contribution in [0.25, 0.3) is 0 Å². The maximum Gasteiger partial charge on any atom is 0.312 e. The van der Waals surface area contributed by atoms with E-state index in [0.717, 1.165) is 12.8 Å². The number of nitrogens with zero attached hydrogens (tertiary/aromatic N) is 2. The van der Waals surface area contributed by atoms with Crippen molar-refractivity contribution in [2.75, 3.05) is 26.3 Å². The van der Waals surface area contributed by atoms with Gasteiger partial charge in [0.1, 0.15) is 11.6 Å². The Hall–Kier alpha value is -1.93. The second kappa shape index (κ2) is 10.8. The third-order valence-electron chi connectivity index (χ3n) is 7.92. The summed E-state index contributed by atoms with van der Waals surface area (Å²) in [4.78, 5) is 44.9. The Bertz CT molecular complexity index is 849. The zero-order chi connectivity index (χ0) is 26.9. The fourth-order valence-electron chi connectivity index (χ4n) is 7.06. The third-order valence-corrected chi connectivity index (χ3v) is 7.92. The predicted octanol–water partition coefficient (Wildman–Crippen LogP) is 3.32. The van der Waals surface area contributed by atoms with E-state index in [-0.39, 0.29) is 30.4 Å². The van der Waals surface area contributed by atoms with Gasteiger partial charge in [0.15, 0.2) is 0 Å². The van der Waals surface area contributed by atoms with Gasteiger partial charge in [-0.05, 0) is 64.7 Å². The summed E-state index contributed by atoms with van der Waals surface area (Å²) in [5.74, 6) is -2.14. The van der Waals surface area contributed by atoms with Gasteiger partial charge in [0.2, 0.25) is 11.8 Å². The first-order chi connectivity index (χ1) is 16.8. The summed E-state index contributed by atoms with van der Waals surface area (Å²) in [6.45, 7) is 17.3. The lowest BCUT2D eigenvalue weighted by Gasteiger charge is -2.45. The molecule has 8 heteroatoms. The van der Waals surface area contributed by atoms with E-state index in [9.17, 15) is 19.5 Å². The first-order valence-corrected chi connectivity index (χ1v) is 13.5. The molecule has 0 aromatic carbocycles. The zero-order valence-electron chi connectivity index (χ0n) is 23.0. The van der Waals surface area contributed by atoms with Crippen LogP contribution >= 0.6 is 0 Å². The number of carbonyl (C=O) groups excluding carboxylic acids is 3. The lowest BCUT2D eigenvalue weighted by Crippen LogP contribution is -2.61. The summed E-state index contributed by atoms with van der Waals surface area (Å²) in [6.07, 6.45) is 5.34. The van der Waals surface area contributed by atoms with E-state index >= 15 is 0 Å². The number of hydrogen-bond acceptors (Lipinski definition) is 6. The average Bonchev–Trinajstić information content (AvgIpc) is 3.40. The van der Waals surface area contributed by atoms with E-state index in [4.69, 9.17) is 9.47 Å². The normalized spacial score (nSPS) is 29.4. The molecule has 1 spiro atoms. The molecule has 2 bridgehead atoms. The molecule has 204 valence electrons. The standard InChI is InChI=1S/C28H46N2O6/c1-8-15-30(27(6,7)18-26(3,4)5)24(33)22-28-14-13-19(36-28)20(25(34)35-9-2)21(28)23(32)29(22)16-11-10-12-17-31/h8,19-22,31H,1,9-18H2,2-7H3/t19-,20+,21+,22?,28?/m1/s1. The second-order valence-corrected chi connectivity index (χ2v) is 12.4. The van der Waals surface area contributed by atoms with Crippen LogP contribution in [0.2, 0.25) is 0 Å². The van der Waals surface area contributed by atoms with Crippen LogP contribution in [0.15, 0.2) is 12.7 Å². The highest BCUT2D eigenvalue weighted by Crippen LogP contribution is 2.59. The minimum absolute atomic E-state index is 0.0170. The molecule has 5 atom stereocenters. The number of unbranched alkanes of at least 4 members (excludes halogenated alkanes) is 2. The highest BCUT2D eigenvalue weighted by Gasteiger charge is 2.75. The molecule has 0 aromatic rings. The number of hydrogen-bond donors (Lipinski definition) is 1. The molecule has 2 amide bonds. The summed E-state index contributed by atoms with van der Waals surface area (Å²) in [7, 11) is 0. The van der Waals surface area contributed by atoms with Gasteiger partial charge in [0.05, 0.1) is 24.5 Å². The number of likely N-dealkylation sites (tertiary alicyclic amines) is 1. The number of ether oxygens (including phenoxy) is 2. The van der Waals surface area contributed by atoms with Crippen molar-refractivity contribution < 1.29 is 29.0 Å². The van der Waals surface area contributed by atoms with E-state index in [0.29, 0.717) is 38.8 Å². The maximum atomic E-state index is 14.5. The SMILES string of the molecule is C=CCN(C(=O)C1N(CCCCCO)C(=O)[C@@H]2[C@@H](C(=O)OCC)[C@H]3CCC12O3)C(C)(C)CC(C)(C)C. The molecule has 2 unspecified atom stereocenters. The molecule has 1 N–H and O–H groups in total. The Morgan fingerprint density at radius 3 is 2.53 bits per heavy atom. The molecule has 36 heavy (non-hydrogen) atoms. The van der Waals surface area contributed by atoms with Crippen LogP contribution < -0.4 is 0 Å². The first-order valence-electron chi connectivity index (χ1n) is 13.5. The quantitative estimate of drug-likeness (QED) is 0.248. The van der Waals surface area contributed by atoms with Crippen molar-refractivity contribution in [3.05, 3.63) is 12.7 Å². The summed E-state index contributed by atoms with van der Waals surface area (Å²) in [5, 5.41) is 9.20. The molecular weight excluding hydrogens is 460 g/mol. The van der Waals surface area contributed by atoms with E-state index in [1.54, 1.807) is 17.9 Å². The van der Waals surface area contributed by atoms with Gasteiger partial charge in [-0.1, -0.05) is 26.8 Å². The van der Waals surface area contributed by atoms with Gasteiger partial charge in [-0.25, -0.2) is 0 Å². The first kappa shape index (κ1) is 28.6. The maximum absolute atomic E-state index is 14.5. The van der Waals surface area contributed by atoms with Gasteiger partial charge in [-0.2, -0.15) is 0 Å². The van der Waals surface area contributed by atoms with Gasteiger partial charge >= 0.3 is 5.97 Å². The van der Waals surface area contributed by atoms with E-state index < -0.39 is 41.1 Å². The lowest BCUT2D eigenvalue weighted by molar-refractivity contribution is -0.155. The molecule has 3 heterocycles. The van der Waals surface area contributed by atoms with Crippen LogP contribution in [0.3, 0.4) is 0 Å². The lowest BCUT2D eigenvalue weighted by atomic mass is 9.70. The summed E-state index contributed by atoms with van der Waals surface area (Å²) in [5.41, 5.74) is -1.53. The van der Waals surface area contributed by atoms with Crippen LogP contribution in [-0.2, 0) is 23.9 Å². The Kier molecular flexibility index (Phi) is 8.61. The Labute approximate surface area is 216 Å². The smallest absolute Gasteiger partial charge is 0.312 e. The highest BCUT2D eigenvalue weighted by atomic mass is 16.6. The van der Waals surface area contributed by atoms with Crippen LogP contribution in [0, 0.1) is 17.3 Å². The number of rotatable bonds is 12. The van der Waals surface area contributed by atoms with Gasteiger partial charge < -0.3 is 24.4 Å². The summed E-state index contributed by atoms with van der Waals surface area (Å²) >= 11 is 0. The number of carbonyl (C=O) groups is 3. The highest BCUT2D eigenvalue weighted by molar-refractivity contribution is 5.98. The summed E-state index contributed by atoms with van der Waals surface area (Å²) < 4.78 is 11.8. The molecule has 3 saturated heterocycles. The molecule has 3 rings (SSSR count). The topological polar surface area (TPSA) is 96.4 Å². The van der Waals surface area contributed by atoms with Gasteiger partial charge in [0.25, 0.3) is 0 Å². The second-order valence-electron chi connectivity index (χ2n) is 12.4. The van der Waals surface area contributed by atoms with Crippen molar-refractivity contribution in [3.8, 4) is 0 Å². The number of amides is 2. The molecule has 3 aliphatic rings. The molecular formula is C28H46N2O6. The van der Waals surface area contributed by atoms with Crippen molar-refractivity contribution in [3.63, 3.8) is 0 Å². The Morgan fingerprint density at radius 1 is 1.25 bits per heavy atom. The van der Waals surface area contributed by atoms with Crippen molar-refractivity contribution in [1.29, 1.82) is 0 Å². The Balaban J connectivity index is 2.02.